The summed E-state index contributed by atoms with van der Waals surface area (Å²) in [4.78, 5) is 4.00. The lowest BCUT2D eigenvalue weighted by Crippen LogP contribution is -1.89. The summed E-state index contributed by atoms with van der Waals surface area (Å²) < 4.78 is 0. The Hall–Kier alpha value is -1.54. The Balaban J connectivity index is 0.000000386. The van der Waals surface area contributed by atoms with Crippen LogP contribution in [0.5, 0.6) is 0 Å². The van der Waals surface area contributed by atoms with Crippen LogP contribution in [0.4, 0.5) is 5.69 Å². The molecule has 0 aliphatic heterocycles. The zero-order valence-electron chi connectivity index (χ0n) is 9.40. The number of hydrogen-bond donors (Lipinski definition) is 1. The van der Waals surface area contributed by atoms with E-state index in [1.807, 2.05) is 44.4 Å². The third-order valence-corrected chi connectivity index (χ3v) is 2.02. The van der Waals surface area contributed by atoms with Crippen LogP contribution >= 0.6 is 12.2 Å². The Morgan fingerprint density at radius 2 is 1.69 bits per heavy atom. The highest BCUT2D eigenvalue weighted by Gasteiger charge is 1.96. The second kappa shape index (κ2) is 6.85. The second-order valence-electron chi connectivity index (χ2n) is 3.20. The van der Waals surface area contributed by atoms with E-state index < -0.39 is 0 Å². The van der Waals surface area contributed by atoms with Crippen LogP contribution in [0.2, 0.25) is 0 Å². The molecule has 0 unspecified atom stereocenters. The molecule has 0 aliphatic rings. The van der Waals surface area contributed by atoms with E-state index in [2.05, 4.69) is 39.8 Å². The first kappa shape index (κ1) is 12.5. The smallest absolute Gasteiger partial charge is 0.0817 e. The summed E-state index contributed by atoms with van der Waals surface area (Å²) in [5.41, 5.74) is 0.883. The van der Waals surface area contributed by atoms with Crippen molar-refractivity contribution >= 4 is 33.8 Å². The number of fused-ring (bicyclic) bond motifs is 1. The van der Waals surface area contributed by atoms with Crippen molar-refractivity contribution in [3.63, 3.8) is 0 Å². The monoisotopic (exact) mass is 230 g/mol. The van der Waals surface area contributed by atoms with Crippen molar-refractivity contribution in [1.82, 2.24) is 5.32 Å². The predicted octanol–water partition coefficient (Wildman–Crippen LogP) is 3.41. The molecule has 0 radical (unpaired) electrons. The van der Waals surface area contributed by atoms with E-state index in [0.29, 0.717) is 0 Å². The van der Waals surface area contributed by atoms with Gasteiger partial charge in [-0.2, -0.15) is 4.99 Å². The van der Waals surface area contributed by atoms with Gasteiger partial charge in [0.25, 0.3) is 0 Å². The number of isothiocyanates is 1. The second-order valence-corrected chi connectivity index (χ2v) is 3.38. The molecule has 0 bridgehead atoms. The molecule has 0 atom stereocenters. The molecular weight excluding hydrogens is 216 g/mol. The Morgan fingerprint density at radius 1 is 1.06 bits per heavy atom. The number of rotatable bonds is 1. The van der Waals surface area contributed by atoms with Gasteiger partial charge in [0, 0.05) is 5.39 Å². The molecule has 0 amide bonds. The molecule has 2 rings (SSSR count). The summed E-state index contributed by atoms with van der Waals surface area (Å²) in [5, 5.41) is 7.42. The summed E-state index contributed by atoms with van der Waals surface area (Å²) in [6.45, 7) is 0. The normalized spacial score (nSPS) is 8.88. The lowest BCUT2D eigenvalue weighted by molar-refractivity contribution is 1.02. The van der Waals surface area contributed by atoms with Gasteiger partial charge >= 0.3 is 0 Å². The van der Waals surface area contributed by atoms with E-state index in [9.17, 15) is 0 Å². The van der Waals surface area contributed by atoms with Crippen LogP contribution in [0.25, 0.3) is 10.8 Å². The first-order valence-corrected chi connectivity index (χ1v) is 5.38. The highest BCUT2D eigenvalue weighted by atomic mass is 32.1. The average molecular weight is 230 g/mol. The van der Waals surface area contributed by atoms with Crippen LogP contribution in [0, 0.1) is 0 Å². The van der Waals surface area contributed by atoms with Crippen LogP contribution in [0.1, 0.15) is 0 Å². The molecule has 3 heteroatoms. The molecule has 0 aliphatic carbocycles. The summed E-state index contributed by atoms with van der Waals surface area (Å²) in [6, 6.07) is 14.0. The van der Waals surface area contributed by atoms with Gasteiger partial charge in [0.2, 0.25) is 0 Å². The van der Waals surface area contributed by atoms with Crippen LogP contribution in [0.3, 0.4) is 0 Å². The highest BCUT2D eigenvalue weighted by molar-refractivity contribution is 7.78. The van der Waals surface area contributed by atoms with Crippen molar-refractivity contribution in [2.45, 2.75) is 0 Å². The van der Waals surface area contributed by atoms with Crippen molar-refractivity contribution in [3.8, 4) is 0 Å². The maximum atomic E-state index is 4.58. The number of nitrogens with one attached hydrogen (secondary N) is 1. The molecular formula is C13H14N2S. The minimum absolute atomic E-state index is 0.883. The van der Waals surface area contributed by atoms with Gasteiger partial charge in [-0.05, 0) is 37.8 Å². The molecule has 2 aromatic rings. The molecule has 0 fully saturated rings. The van der Waals surface area contributed by atoms with E-state index in [-0.39, 0.29) is 0 Å². The lowest BCUT2D eigenvalue weighted by Gasteiger charge is -1.98. The quantitative estimate of drug-likeness (QED) is 0.599. The molecule has 16 heavy (non-hydrogen) atoms. The fraction of sp³-hybridized carbons (Fsp3) is 0.154. The van der Waals surface area contributed by atoms with Crippen molar-refractivity contribution in [2.75, 3.05) is 14.1 Å². The van der Waals surface area contributed by atoms with Gasteiger partial charge in [-0.15, -0.1) is 0 Å². The molecule has 82 valence electrons. The van der Waals surface area contributed by atoms with Gasteiger partial charge in [0.15, 0.2) is 0 Å². The van der Waals surface area contributed by atoms with Crippen LogP contribution in [-0.2, 0) is 0 Å². The van der Waals surface area contributed by atoms with Gasteiger partial charge in [-0.25, -0.2) is 0 Å². The Morgan fingerprint density at radius 3 is 2.38 bits per heavy atom. The topological polar surface area (TPSA) is 24.4 Å². The molecule has 1 N–H and O–H groups in total. The third-order valence-electron chi connectivity index (χ3n) is 1.93. The molecule has 2 nitrogen and oxygen atoms in total. The van der Waals surface area contributed by atoms with Crippen LogP contribution in [0.15, 0.2) is 47.5 Å². The SMILES string of the molecule is CNC.S=C=Nc1cccc2ccccc12. The number of benzene rings is 2. The number of thiocarbonyl (C=S) groups is 1. The van der Waals surface area contributed by atoms with Crippen molar-refractivity contribution in [1.29, 1.82) is 0 Å². The Bertz CT molecular complexity index is 497. The fourth-order valence-electron chi connectivity index (χ4n) is 1.35. The van der Waals surface area contributed by atoms with Crippen LogP contribution in [-0.4, -0.2) is 19.3 Å². The number of aliphatic imine (C=N–C) groups is 1. The molecule has 0 saturated carbocycles. The zero-order valence-corrected chi connectivity index (χ0v) is 10.2. The first-order chi connectivity index (χ1) is 7.83. The summed E-state index contributed by atoms with van der Waals surface area (Å²) >= 11 is 4.58. The van der Waals surface area contributed by atoms with Gasteiger partial charge in [0.1, 0.15) is 0 Å². The number of nitrogens with zero attached hydrogens (tertiary/aromatic N) is 1. The fourth-order valence-corrected chi connectivity index (χ4v) is 1.45. The standard InChI is InChI=1S/C11H7NS.C2H7N/c13-8-12-11-7-3-5-9-4-1-2-6-10(9)11;1-3-2/h1-7H;3H,1-2H3. The highest BCUT2D eigenvalue weighted by Crippen LogP contribution is 2.24. The largest absolute Gasteiger partial charge is 0.323 e. The van der Waals surface area contributed by atoms with E-state index in [1.54, 1.807) is 0 Å². The summed E-state index contributed by atoms with van der Waals surface area (Å²) in [5.74, 6) is 0. The summed E-state index contributed by atoms with van der Waals surface area (Å²) in [7, 11) is 3.75. The number of hydrogen-bond acceptors (Lipinski definition) is 3. The van der Waals surface area contributed by atoms with Crippen molar-refractivity contribution in [2.24, 2.45) is 4.99 Å². The maximum Gasteiger partial charge on any atom is 0.0817 e. The minimum atomic E-state index is 0.883. The molecule has 0 saturated heterocycles. The summed E-state index contributed by atoms with van der Waals surface area (Å²) in [6.07, 6.45) is 0. The third kappa shape index (κ3) is 3.24. The van der Waals surface area contributed by atoms with E-state index in [1.165, 1.54) is 5.39 Å². The predicted molar refractivity (Wildman–Crippen MR) is 73.6 cm³/mol. The Labute approximate surface area is 101 Å². The van der Waals surface area contributed by atoms with E-state index >= 15 is 0 Å². The molecule has 0 spiro atoms. The molecule has 0 aromatic heterocycles. The van der Waals surface area contributed by atoms with Crippen molar-refractivity contribution in [3.05, 3.63) is 42.5 Å². The van der Waals surface area contributed by atoms with Crippen LogP contribution < -0.4 is 5.32 Å². The first-order valence-electron chi connectivity index (χ1n) is 4.97. The molecule has 0 heterocycles. The van der Waals surface area contributed by atoms with Gasteiger partial charge in [0.05, 0.1) is 10.8 Å². The van der Waals surface area contributed by atoms with Crippen molar-refractivity contribution < 1.29 is 0 Å². The average Bonchev–Trinajstić information content (AvgIpc) is 2.31. The zero-order chi connectivity index (χ0) is 11.8. The lowest BCUT2D eigenvalue weighted by atomic mass is 10.1. The van der Waals surface area contributed by atoms with Gasteiger partial charge < -0.3 is 5.32 Å². The Kier molecular flexibility index (Phi) is 5.37. The van der Waals surface area contributed by atoms with Gasteiger partial charge in [-0.3, -0.25) is 0 Å². The minimum Gasteiger partial charge on any atom is -0.323 e. The molecule has 2 aromatic carbocycles. The van der Waals surface area contributed by atoms with Gasteiger partial charge in [-0.1, -0.05) is 36.4 Å². The van der Waals surface area contributed by atoms with E-state index in [4.69, 9.17) is 0 Å². The van der Waals surface area contributed by atoms with E-state index in [0.717, 1.165) is 11.1 Å². The maximum absolute atomic E-state index is 4.58.